The fourth-order valence-corrected chi connectivity index (χ4v) is 4.65. The van der Waals surface area contributed by atoms with E-state index >= 15 is 0 Å². The van der Waals surface area contributed by atoms with E-state index in [2.05, 4.69) is 45.3 Å². The summed E-state index contributed by atoms with van der Waals surface area (Å²) in [5, 5.41) is 12.3. The fraction of sp³-hybridized carbons (Fsp3) is 0.250. The number of nitrogens with zero attached hydrogens (tertiary/aromatic N) is 4. The number of ketones is 1. The van der Waals surface area contributed by atoms with Crippen molar-refractivity contribution in [2.45, 2.75) is 26.3 Å². The highest BCUT2D eigenvalue weighted by Crippen LogP contribution is 2.27. The summed E-state index contributed by atoms with van der Waals surface area (Å²) < 4.78 is 0. The molecule has 3 heterocycles. The zero-order valence-corrected chi connectivity index (χ0v) is 17.9. The largest absolute Gasteiger partial charge is 0.302 e. The van der Waals surface area contributed by atoms with Crippen LogP contribution in [-0.4, -0.2) is 39.5 Å². The van der Waals surface area contributed by atoms with E-state index in [0.717, 1.165) is 57.1 Å². The second-order valence-electron chi connectivity index (χ2n) is 7.94. The van der Waals surface area contributed by atoms with Crippen LogP contribution in [-0.2, 0) is 19.4 Å². The number of hydrogen-bond acceptors (Lipinski definition) is 6. The van der Waals surface area contributed by atoms with Gasteiger partial charge in [-0.15, -0.1) is 10.2 Å². The molecular formula is C24H22N4OS. The second kappa shape index (κ2) is 7.70. The van der Waals surface area contributed by atoms with Crippen LogP contribution in [0, 0.1) is 6.92 Å². The highest BCUT2D eigenvalue weighted by molar-refractivity contribution is 7.14. The van der Waals surface area contributed by atoms with Gasteiger partial charge in [-0.25, -0.2) is 0 Å². The molecule has 5 rings (SSSR count). The molecule has 0 unspecified atom stereocenters. The lowest BCUT2D eigenvalue weighted by Gasteiger charge is -2.25. The van der Waals surface area contributed by atoms with Crippen molar-refractivity contribution in [1.82, 2.24) is 20.1 Å². The van der Waals surface area contributed by atoms with Crippen LogP contribution < -0.4 is 0 Å². The molecule has 0 aliphatic carbocycles. The third-order valence-corrected chi connectivity index (χ3v) is 6.51. The molecule has 2 aromatic heterocycles. The predicted molar refractivity (Wildman–Crippen MR) is 120 cm³/mol. The lowest BCUT2D eigenvalue weighted by molar-refractivity contribution is 0.0992. The van der Waals surface area contributed by atoms with Gasteiger partial charge in [-0.3, -0.25) is 9.78 Å². The van der Waals surface area contributed by atoms with Crippen LogP contribution in [0.2, 0.25) is 0 Å². The monoisotopic (exact) mass is 414 g/mol. The van der Waals surface area contributed by atoms with Crippen LogP contribution in [0.5, 0.6) is 0 Å². The van der Waals surface area contributed by atoms with Crippen molar-refractivity contribution in [2.75, 3.05) is 13.6 Å². The van der Waals surface area contributed by atoms with E-state index in [1.54, 1.807) is 11.3 Å². The molecule has 150 valence electrons. The molecule has 6 heteroatoms. The molecular weight excluding hydrogens is 392 g/mol. The molecule has 5 nitrogen and oxygen atoms in total. The van der Waals surface area contributed by atoms with E-state index in [-0.39, 0.29) is 5.78 Å². The van der Waals surface area contributed by atoms with E-state index in [1.165, 1.54) is 11.1 Å². The average Bonchev–Trinajstić information content (AvgIpc) is 3.19. The quantitative estimate of drug-likeness (QED) is 0.461. The maximum absolute atomic E-state index is 12.9. The minimum absolute atomic E-state index is 0.111. The Balaban J connectivity index is 1.40. The number of rotatable bonds is 4. The second-order valence-corrected chi connectivity index (χ2v) is 9.12. The first kappa shape index (κ1) is 19.0. The Hall–Kier alpha value is -2.96. The minimum atomic E-state index is 0.111. The number of hydrogen-bond donors (Lipinski definition) is 0. The summed E-state index contributed by atoms with van der Waals surface area (Å²) in [5.41, 5.74) is 5.22. The summed E-state index contributed by atoms with van der Waals surface area (Å²) in [4.78, 5) is 19.8. The van der Waals surface area contributed by atoms with Gasteiger partial charge in [0.05, 0.1) is 6.42 Å². The van der Waals surface area contributed by atoms with Crippen LogP contribution >= 0.6 is 11.3 Å². The molecule has 0 saturated heterocycles. The molecule has 0 bridgehead atoms. The van der Waals surface area contributed by atoms with Gasteiger partial charge >= 0.3 is 0 Å². The van der Waals surface area contributed by atoms with Gasteiger partial charge < -0.3 is 4.90 Å². The molecule has 1 aliphatic heterocycles. The average molecular weight is 415 g/mol. The molecule has 0 radical (unpaired) electrons. The number of Topliss-reactive ketones (excluding diaryl/α,β-unsaturated/α-hetero) is 1. The van der Waals surface area contributed by atoms with E-state index in [9.17, 15) is 4.79 Å². The number of aryl methyl sites for hydroxylation is 1. The predicted octanol–water partition coefficient (Wildman–Crippen LogP) is 4.48. The standard InChI is InChI=1S/C24H22N4OS/c1-15-26-27-24(30-15)18-4-5-19-13-25-22(11-21(19)10-18)12-23(29)17-3-6-20-14-28(2)8-7-16(20)9-17/h3-6,9-11,13H,7-8,12,14H2,1-2H3. The summed E-state index contributed by atoms with van der Waals surface area (Å²) in [6.07, 6.45) is 3.14. The molecule has 0 N–H and O–H groups in total. The fourth-order valence-electron chi connectivity index (χ4n) is 3.96. The Morgan fingerprint density at radius 2 is 1.97 bits per heavy atom. The summed E-state index contributed by atoms with van der Waals surface area (Å²) in [7, 11) is 2.13. The highest BCUT2D eigenvalue weighted by Gasteiger charge is 2.16. The maximum Gasteiger partial charge on any atom is 0.168 e. The Bertz CT molecular complexity index is 1260. The Morgan fingerprint density at radius 3 is 2.80 bits per heavy atom. The van der Waals surface area contributed by atoms with Crippen LogP contribution in [0.25, 0.3) is 21.3 Å². The zero-order chi connectivity index (χ0) is 20.7. The van der Waals surface area contributed by atoms with Gasteiger partial charge in [0.2, 0.25) is 0 Å². The van der Waals surface area contributed by atoms with Gasteiger partial charge in [0.1, 0.15) is 10.0 Å². The first-order valence-electron chi connectivity index (χ1n) is 10.1. The molecule has 2 aromatic carbocycles. The third kappa shape index (κ3) is 3.76. The van der Waals surface area contributed by atoms with E-state index < -0.39 is 0 Å². The van der Waals surface area contributed by atoms with Gasteiger partial charge in [-0.2, -0.15) is 0 Å². The molecule has 1 aliphatic rings. The Morgan fingerprint density at radius 1 is 1.07 bits per heavy atom. The number of benzene rings is 2. The summed E-state index contributed by atoms with van der Waals surface area (Å²) in [5.74, 6) is 0.111. The maximum atomic E-state index is 12.9. The number of likely N-dealkylation sites (N-methyl/N-ethyl adjacent to an activating group) is 1. The van der Waals surface area contributed by atoms with Crippen LogP contribution in [0.3, 0.4) is 0 Å². The third-order valence-electron chi connectivity index (χ3n) is 5.62. The smallest absolute Gasteiger partial charge is 0.168 e. The summed E-state index contributed by atoms with van der Waals surface area (Å²) >= 11 is 1.58. The summed E-state index contributed by atoms with van der Waals surface area (Å²) in [6, 6.07) is 14.3. The number of pyridine rings is 1. The van der Waals surface area contributed by atoms with Crippen LogP contribution in [0.15, 0.2) is 48.7 Å². The molecule has 0 saturated carbocycles. The first-order valence-corrected chi connectivity index (χ1v) is 10.9. The van der Waals surface area contributed by atoms with E-state index in [0.29, 0.717) is 6.42 Å². The van der Waals surface area contributed by atoms with Crippen molar-refractivity contribution in [2.24, 2.45) is 0 Å². The van der Waals surface area contributed by atoms with E-state index in [4.69, 9.17) is 0 Å². The SMILES string of the molecule is Cc1nnc(-c2ccc3cnc(CC(=O)c4ccc5c(c4)CCN(C)C5)cc3c2)s1. The Kier molecular flexibility index (Phi) is 4.89. The number of carbonyl (C=O) groups excluding carboxylic acids is 1. The van der Waals surface area contributed by atoms with E-state index in [1.807, 2.05) is 37.4 Å². The lowest BCUT2D eigenvalue weighted by atomic mass is 9.95. The molecule has 30 heavy (non-hydrogen) atoms. The molecule has 0 spiro atoms. The molecule has 4 aromatic rings. The Labute approximate surface area is 179 Å². The minimum Gasteiger partial charge on any atom is -0.302 e. The number of fused-ring (bicyclic) bond motifs is 2. The van der Waals surface area contributed by atoms with Crippen molar-refractivity contribution < 1.29 is 4.79 Å². The van der Waals surface area contributed by atoms with Crippen molar-refractivity contribution >= 4 is 27.9 Å². The van der Waals surface area contributed by atoms with Gasteiger partial charge in [0.25, 0.3) is 0 Å². The number of carbonyl (C=O) groups is 1. The molecule has 0 amide bonds. The first-order chi connectivity index (χ1) is 14.5. The summed E-state index contributed by atoms with van der Waals surface area (Å²) in [6.45, 7) is 3.94. The van der Waals surface area contributed by atoms with Gasteiger partial charge in [-0.05, 0) is 55.1 Å². The van der Waals surface area contributed by atoms with Gasteiger partial charge in [0, 0.05) is 41.5 Å². The number of aromatic nitrogens is 3. The van der Waals surface area contributed by atoms with Gasteiger partial charge in [-0.1, -0.05) is 35.6 Å². The van der Waals surface area contributed by atoms with Crippen molar-refractivity contribution in [1.29, 1.82) is 0 Å². The van der Waals surface area contributed by atoms with Crippen molar-refractivity contribution in [3.63, 3.8) is 0 Å². The zero-order valence-electron chi connectivity index (χ0n) is 17.1. The normalized spacial score (nSPS) is 14.1. The van der Waals surface area contributed by atoms with Gasteiger partial charge in [0.15, 0.2) is 5.78 Å². The topological polar surface area (TPSA) is 59.0 Å². The van der Waals surface area contributed by atoms with Crippen molar-refractivity contribution in [3.8, 4) is 10.6 Å². The van der Waals surface area contributed by atoms with Crippen LogP contribution in [0.1, 0.15) is 32.2 Å². The highest BCUT2D eigenvalue weighted by atomic mass is 32.1. The molecule has 0 atom stereocenters. The molecule has 0 fully saturated rings. The lowest BCUT2D eigenvalue weighted by Crippen LogP contribution is -2.26. The van der Waals surface area contributed by atoms with Crippen molar-refractivity contribution in [3.05, 3.63) is 76.1 Å². The van der Waals surface area contributed by atoms with Crippen LogP contribution in [0.4, 0.5) is 0 Å².